The van der Waals surface area contributed by atoms with Gasteiger partial charge in [-0.05, 0) is 32.2 Å². The van der Waals surface area contributed by atoms with Gasteiger partial charge < -0.3 is 10.5 Å². The van der Waals surface area contributed by atoms with Crippen LogP contribution in [-0.4, -0.2) is 52.0 Å². The van der Waals surface area contributed by atoms with E-state index in [4.69, 9.17) is 10.5 Å². The van der Waals surface area contributed by atoms with Gasteiger partial charge in [-0.25, -0.2) is 4.79 Å². The van der Waals surface area contributed by atoms with E-state index in [2.05, 4.69) is 0 Å². The van der Waals surface area contributed by atoms with Gasteiger partial charge in [0.25, 0.3) is 5.56 Å². The summed E-state index contributed by atoms with van der Waals surface area (Å²) in [6, 6.07) is 0. The Morgan fingerprint density at radius 2 is 1.96 bits per heavy atom. The van der Waals surface area contributed by atoms with Crippen molar-refractivity contribution in [3.63, 3.8) is 0 Å². The molecule has 1 aromatic rings. The second kappa shape index (κ2) is 9.18. The maximum Gasteiger partial charge on any atom is 0.332 e. The van der Waals surface area contributed by atoms with E-state index in [9.17, 15) is 19.2 Å². The molecule has 1 saturated heterocycles. The minimum absolute atomic E-state index is 0.0325. The quantitative estimate of drug-likeness (QED) is 0.520. The van der Waals surface area contributed by atoms with Crippen LogP contribution in [0, 0.1) is 11.8 Å². The molecule has 2 heterocycles. The summed E-state index contributed by atoms with van der Waals surface area (Å²) in [5.74, 6) is -0.962. The number of aromatic nitrogens is 2. The third kappa shape index (κ3) is 4.70. The van der Waals surface area contributed by atoms with Gasteiger partial charge in [0.2, 0.25) is 0 Å². The summed E-state index contributed by atoms with van der Waals surface area (Å²) in [5, 5.41) is 0. The van der Waals surface area contributed by atoms with Crippen molar-refractivity contribution in [2.45, 2.75) is 40.2 Å². The van der Waals surface area contributed by atoms with E-state index in [1.807, 2.05) is 18.7 Å². The summed E-state index contributed by atoms with van der Waals surface area (Å²) in [6.07, 6.45) is 1.48. The number of ether oxygens (including phenoxy) is 1. The first-order valence-electron chi connectivity index (χ1n) is 9.68. The highest BCUT2D eigenvalue weighted by Gasteiger charge is 2.29. The number of nitrogen functional groups attached to an aromatic ring is 1. The first-order chi connectivity index (χ1) is 13.2. The van der Waals surface area contributed by atoms with Crippen molar-refractivity contribution < 1.29 is 14.3 Å². The molecule has 0 spiro atoms. The summed E-state index contributed by atoms with van der Waals surface area (Å²) < 4.78 is 7.27. The van der Waals surface area contributed by atoms with Crippen LogP contribution in [0.2, 0.25) is 0 Å². The van der Waals surface area contributed by atoms with Gasteiger partial charge in [0.1, 0.15) is 11.4 Å². The summed E-state index contributed by atoms with van der Waals surface area (Å²) in [4.78, 5) is 51.6. The smallest absolute Gasteiger partial charge is 0.332 e. The van der Waals surface area contributed by atoms with Crippen molar-refractivity contribution in [2.24, 2.45) is 18.9 Å². The van der Waals surface area contributed by atoms with E-state index < -0.39 is 17.0 Å². The summed E-state index contributed by atoms with van der Waals surface area (Å²) in [6.45, 7) is 7.24. The van der Waals surface area contributed by atoms with Crippen molar-refractivity contribution in [3.05, 3.63) is 26.4 Å². The van der Waals surface area contributed by atoms with Crippen molar-refractivity contribution in [2.75, 3.05) is 32.0 Å². The Morgan fingerprint density at radius 3 is 2.57 bits per heavy atom. The highest BCUT2D eigenvalue weighted by atomic mass is 16.5. The number of likely N-dealkylation sites (tertiary alicyclic amines) is 1. The third-order valence-corrected chi connectivity index (χ3v) is 4.90. The molecule has 1 aliphatic rings. The minimum Gasteiger partial charge on any atom is -0.466 e. The summed E-state index contributed by atoms with van der Waals surface area (Å²) in [7, 11) is 1.34. The molecule has 28 heavy (non-hydrogen) atoms. The van der Waals surface area contributed by atoms with Crippen LogP contribution in [0.4, 0.5) is 5.82 Å². The van der Waals surface area contributed by atoms with E-state index in [0.717, 1.165) is 11.0 Å². The van der Waals surface area contributed by atoms with Crippen LogP contribution in [0.1, 0.15) is 44.0 Å². The van der Waals surface area contributed by atoms with Gasteiger partial charge in [-0.1, -0.05) is 13.8 Å². The van der Waals surface area contributed by atoms with E-state index in [1.54, 1.807) is 6.92 Å². The van der Waals surface area contributed by atoms with Crippen LogP contribution in [0.5, 0.6) is 0 Å². The molecule has 0 aliphatic carbocycles. The number of nitrogens with two attached hydrogens (primary N) is 1. The number of piperidine rings is 1. The van der Waals surface area contributed by atoms with Gasteiger partial charge in [-0.3, -0.25) is 28.4 Å². The van der Waals surface area contributed by atoms with Crippen LogP contribution < -0.4 is 17.0 Å². The van der Waals surface area contributed by atoms with E-state index in [-0.39, 0.29) is 35.7 Å². The number of carbonyl (C=O) groups is 2. The van der Waals surface area contributed by atoms with E-state index in [1.165, 1.54) is 11.6 Å². The van der Waals surface area contributed by atoms with Gasteiger partial charge in [0.05, 0.1) is 19.1 Å². The SMILES string of the molecule is CCOC(=O)C1CCCN(CC(=O)c2c(N)n(CC(C)C)c(=O)n(C)c2=O)C1. The fraction of sp³-hybridized carbons (Fsp3) is 0.684. The van der Waals surface area contributed by atoms with Crippen molar-refractivity contribution in [1.29, 1.82) is 0 Å². The average Bonchev–Trinajstić information content (AvgIpc) is 2.64. The molecule has 0 bridgehead atoms. The van der Waals surface area contributed by atoms with Gasteiger partial charge in [-0.2, -0.15) is 0 Å². The predicted molar refractivity (Wildman–Crippen MR) is 105 cm³/mol. The molecule has 1 aromatic heterocycles. The number of Topliss-reactive ketones (excluding diaryl/α,β-unsaturated/α-hetero) is 1. The standard InChI is InChI=1S/C19H30N4O5/c1-5-28-18(26)13-7-6-8-22(10-13)11-14(24)15-16(20)23(9-12(2)3)19(27)21(4)17(15)25/h12-13H,5-11,20H2,1-4H3. The number of carbonyl (C=O) groups excluding carboxylic acids is 2. The van der Waals surface area contributed by atoms with Crippen molar-refractivity contribution >= 4 is 17.6 Å². The lowest BCUT2D eigenvalue weighted by molar-refractivity contribution is -0.149. The molecule has 1 aliphatic heterocycles. The predicted octanol–water partition coefficient (Wildman–Crippen LogP) is 0.243. The molecule has 1 atom stereocenters. The first kappa shape index (κ1) is 21.9. The van der Waals surface area contributed by atoms with Crippen LogP contribution >= 0.6 is 0 Å². The van der Waals surface area contributed by atoms with Gasteiger partial charge >= 0.3 is 11.7 Å². The molecule has 0 radical (unpaired) electrons. The molecule has 9 nitrogen and oxygen atoms in total. The highest BCUT2D eigenvalue weighted by Crippen LogP contribution is 2.19. The molecule has 1 fully saturated rings. The normalized spacial score (nSPS) is 17.7. The summed E-state index contributed by atoms with van der Waals surface area (Å²) in [5.41, 5.74) is 4.67. The number of nitrogens with zero attached hydrogens (tertiary/aromatic N) is 3. The minimum atomic E-state index is -0.688. The Labute approximate surface area is 164 Å². The zero-order chi connectivity index (χ0) is 21.0. The number of esters is 1. The molecule has 1 unspecified atom stereocenters. The molecule has 2 N–H and O–H groups in total. The van der Waals surface area contributed by atoms with Gasteiger partial charge in [0.15, 0.2) is 5.78 Å². The van der Waals surface area contributed by atoms with Gasteiger partial charge in [0, 0.05) is 20.1 Å². The number of anilines is 1. The Kier molecular flexibility index (Phi) is 7.17. The second-order valence-corrected chi connectivity index (χ2v) is 7.66. The van der Waals surface area contributed by atoms with Crippen LogP contribution in [0.3, 0.4) is 0 Å². The number of hydrogen-bond donors (Lipinski definition) is 1. The molecule has 2 rings (SSSR count). The van der Waals surface area contributed by atoms with E-state index >= 15 is 0 Å². The number of rotatable bonds is 7. The number of ketones is 1. The summed E-state index contributed by atoms with van der Waals surface area (Å²) >= 11 is 0. The Hall–Kier alpha value is -2.42. The molecule has 9 heteroatoms. The molecular weight excluding hydrogens is 364 g/mol. The lowest BCUT2D eigenvalue weighted by atomic mass is 9.97. The van der Waals surface area contributed by atoms with Crippen LogP contribution in [0.15, 0.2) is 9.59 Å². The average molecular weight is 394 g/mol. The fourth-order valence-electron chi connectivity index (χ4n) is 3.52. The number of hydrogen-bond acceptors (Lipinski definition) is 7. The third-order valence-electron chi connectivity index (χ3n) is 4.90. The molecule has 0 saturated carbocycles. The van der Waals surface area contributed by atoms with E-state index in [0.29, 0.717) is 32.7 Å². The molecule has 0 amide bonds. The molecule has 0 aromatic carbocycles. The Morgan fingerprint density at radius 1 is 1.29 bits per heavy atom. The van der Waals surface area contributed by atoms with Gasteiger partial charge in [-0.15, -0.1) is 0 Å². The molecular formula is C19H30N4O5. The monoisotopic (exact) mass is 394 g/mol. The fourth-order valence-corrected chi connectivity index (χ4v) is 3.52. The lowest BCUT2D eigenvalue weighted by Crippen LogP contribution is -2.46. The zero-order valence-corrected chi connectivity index (χ0v) is 17.1. The van der Waals surface area contributed by atoms with Crippen LogP contribution in [-0.2, 0) is 23.1 Å². The van der Waals surface area contributed by atoms with Crippen LogP contribution in [0.25, 0.3) is 0 Å². The zero-order valence-electron chi connectivity index (χ0n) is 17.1. The van der Waals surface area contributed by atoms with Crippen molar-refractivity contribution in [1.82, 2.24) is 14.0 Å². The van der Waals surface area contributed by atoms with Crippen molar-refractivity contribution in [3.8, 4) is 0 Å². The Bertz CT molecular complexity index is 855. The second-order valence-electron chi connectivity index (χ2n) is 7.66. The largest absolute Gasteiger partial charge is 0.466 e. The Balaban J connectivity index is 2.27. The molecule has 156 valence electrons. The topological polar surface area (TPSA) is 117 Å². The maximum absolute atomic E-state index is 12.9. The maximum atomic E-state index is 12.9. The first-order valence-corrected chi connectivity index (χ1v) is 9.68. The highest BCUT2D eigenvalue weighted by molar-refractivity contribution is 6.01. The lowest BCUT2D eigenvalue weighted by Gasteiger charge is -2.31.